The Labute approximate surface area is 154 Å². The van der Waals surface area contributed by atoms with E-state index in [2.05, 4.69) is 40.0 Å². The van der Waals surface area contributed by atoms with Crippen LogP contribution in [0.25, 0.3) is 10.9 Å². The van der Waals surface area contributed by atoms with Crippen LogP contribution in [0.4, 0.5) is 0 Å². The minimum atomic E-state index is 0.495. The summed E-state index contributed by atoms with van der Waals surface area (Å²) >= 11 is 0. The lowest BCUT2D eigenvalue weighted by molar-refractivity contribution is 0.143. The molecule has 2 aromatic heterocycles. The number of aryl methyl sites for hydroxylation is 2. The molecule has 0 unspecified atom stereocenters. The Morgan fingerprint density at radius 1 is 1.19 bits per heavy atom. The molecule has 0 aliphatic rings. The van der Waals surface area contributed by atoms with Crippen molar-refractivity contribution in [3.8, 4) is 5.88 Å². The standard InChI is InChI=1S/C20H26N4O2/c1-16-4-5-19-17(12-16)13-18(20(23-19)26-11-10-25-2)14-21-6-3-8-24-9-7-22-15-24/h4-5,7,9,12-13,15,21H,3,6,8,10-11,14H2,1-2H3. The number of ether oxygens (including phenoxy) is 2. The smallest absolute Gasteiger partial charge is 0.218 e. The van der Waals surface area contributed by atoms with Crippen molar-refractivity contribution in [1.29, 1.82) is 0 Å². The number of imidazole rings is 1. The fourth-order valence-corrected chi connectivity index (χ4v) is 2.82. The van der Waals surface area contributed by atoms with Gasteiger partial charge in [0.15, 0.2) is 0 Å². The van der Waals surface area contributed by atoms with Gasteiger partial charge >= 0.3 is 0 Å². The largest absolute Gasteiger partial charge is 0.475 e. The van der Waals surface area contributed by atoms with E-state index in [0.717, 1.165) is 42.5 Å². The molecule has 0 aliphatic carbocycles. The van der Waals surface area contributed by atoms with Crippen molar-refractivity contribution in [2.24, 2.45) is 0 Å². The number of aromatic nitrogens is 3. The third-order valence-electron chi connectivity index (χ3n) is 4.18. The number of pyridine rings is 1. The van der Waals surface area contributed by atoms with Crippen LogP contribution in [0.5, 0.6) is 5.88 Å². The number of nitrogens with one attached hydrogen (secondary N) is 1. The predicted molar refractivity (Wildman–Crippen MR) is 102 cm³/mol. The lowest BCUT2D eigenvalue weighted by atomic mass is 10.1. The van der Waals surface area contributed by atoms with Gasteiger partial charge in [-0.05, 0) is 38.1 Å². The molecule has 0 radical (unpaired) electrons. The maximum atomic E-state index is 5.84. The summed E-state index contributed by atoms with van der Waals surface area (Å²) in [5.74, 6) is 0.681. The van der Waals surface area contributed by atoms with E-state index in [9.17, 15) is 0 Å². The average Bonchev–Trinajstić information content (AvgIpc) is 3.15. The lowest BCUT2D eigenvalue weighted by Gasteiger charge is -2.13. The van der Waals surface area contributed by atoms with Crippen LogP contribution < -0.4 is 10.1 Å². The van der Waals surface area contributed by atoms with Crippen molar-refractivity contribution in [1.82, 2.24) is 19.9 Å². The van der Waals surface area contributed by atoms with E-state index in [1.165, 1.54) is 5.56 Å². The first-order chi connectivity index (χ1) is 12.8. The van der Waals surface area contributed by atoms with Crippen LogP contribution in [0, 0.1) is 6.92 Å². The average molecular weight is 354 g/mol. The van der Waals surface area contributed by atoms with Gasteiger partial charge < -0.3 is 19.4 Å². The first-order valence-electron chi connectivity index (χ1n) is 8.95. The van der Waals surface area contributed by atoms with Crippen molar-refractivity contribution < 1.29 is 9.47 Å². The second-order valence-electron chi connectivity index (χ2n) is 6.32. The van der Waals surface area contributed by atoms with Crippen molar-refractivity contribution in [3.63, 3.8) is 0 Å². The van der Waals surface area contributed by atoms with Gasteiger partial charge in [-0.25, -0.2) is 9.97 Å². The van der Waals surface area contributed by atoms with Crippen molar-refractivity contribution in [2.45, 2.75) is 26.4 Å². The molecule has 1 aromatic carbocycles. The molecule has 0 fully saturated rings. The Bertz CT molecular complexity index is 818. The van der Waals surface area contributed by atoms with Gasteiger partial charge in [-0.15, -0.1) is 0 Å². The SMILES string of the molecule is COCCOc1nc2ccc(C)cc2cc1CNCCCn1ccnc1. The molecule has 0 spiro atoms. The van der Waals surface area contributed by atoms with Crippen LogP contribution >= 0.6 is 0 Å². The molecule has 138 valence electrons. The second-order valence-corrected chi connectivity index (χ2v) is 6.32. The summed E-state index contributed by atoms with van der Waals surface area (Å²) in [4.78, 5) is 8.76. The first-order valence-corrected chi connectivity index (χ1v) is 8.95. The van der Waals surface area contributed by atoms with E-state index in [0.29, 0.717) is 19.1 Å². The highest BCUT2D eigenvalue weighted by Gasteiger charge is 2.09. The Kier molecular flexibility index (Phi) is 6.57. The quantitative estimate of drug-likeness (QED) is 0.567. The van der Waals surface area contributed by atoms with Gasteiger partial charge in [0, 0.05) is 43.5 Å². The molecule has 0 saturated carbocycles. The minimum Gasteiger partial charge on any atom is -0.475 e. The van der Waals surface area contributed by atoms with E-state index < -0.39 is 0 Å². The summed E-state index contributed by atoms with van der Waals surface area (Å²) in [6.45, 7) is 5.74. The van der Waals surface area contributed by atoms with Crippen LogP contribution in [0.2, 0.25) is 0 Å². The Morgan fingerprint density at radius 3 is 2.92 bits per heavy atom. The van der Waals surface area contributed by atoms with Gasteiger partial charge in [-0.1, -0.05) is 11.6 Å². The molecular weight excluding hydrogens is 328 g/mol. The zero-order valence-corrected chi connectivity index (χ0v) is 15.4. The topological polar surface area (TPSA) is 61.2 Å². The van der Waals surface area contributed by atoms with Crippen LogP contribution in [0.1, 0.15) is 17.5 Å². The van der Waals surface area contributed by atoms with Gasteiger partial charge in [0.2, 0.25) is 5.88 Å². The molecule has 3 rings (SSSR count). The summed E-state index contributed by atoms with van der Waals surface area (Å²) in [6.07, 6.45) is 6.67. The highest BCUT2D eigenvalue weighted by molar-refractivity contribution is 5.80. The van der Waals surface area contributed by atoms with E-state index in [4.69, 9.17) is 14.5 Å². The fraction of sp³-hybridized carbons (Fsp3) is 0.400. The number of benzene rings is 1. The highest BCUT2D eigenvalue weighted by atomic mass is 16.5. The molecule has 2 heterocycles. The molecule has 0 saturated heterocycles. The zero-order chi connectivity index (χ0) is 18.2. The molecule has 0 aliphatic heterocycles. The zero-order valence-electron chi connectivity index (χ0n) is 15.4. The number of rotatable bonds is 10. The summed E-state index contributed by atoms with van der Waals surface area (Å²) in [6, 6.07) is 8.43. The lowest BCUT2D eigenvalue weighted by Crippen LogP contribution is -2.18. The number of hydrogen-bond acceptors (Lipinski definition) is 5. The van der Waals surface area contributed by atoms with E-state index in [1.54, 1.807) is 13.3 Å². The van der Waals surface area contributed by atoms with Gasteiger partial charge in [-0.2, -0.15) is 0 Å². The van der Waals surface area contributed by atoms with Gasteiger partial charge in [0.1, 0.15) is 6.61 Å². The summed E-state index contributed by atoms with van der Waals surface area (Å²) in [5, 5.41) is 4.63. The molecule has 26 heavy (non-hydrogen) atoms. The van der Waals surface area contributed by atoms with Crippen LogP contribution in [0.3, 0.4) is 0 Å². The third kappa shape index (κ3) is 5.03. The summed E-state index contributed by atoms with van der Waals surface area (Å²) in [7, 11) is 1.67. The van der Waals surface area contributed by atoms with Crippen LogP contribution in [-0.2, 0) is 17.8 Å². The first kappa shape index (κ1) is 18.4. The van der Waals surface area contributed by atoms with Gasteiger partial charge in [0.05, 0.1) is 18.5 Å². The number of nitrogens with zero attached hydrogens (tertiary/aromatic N) is 3. The molecule has 0 bridgehead atoms. The van der Waals surface area contributed by atoms with Crippen molar-refractivity contribution in [2.75, 3.05) is 26.9 Å². The molecule has 6 nitrogen and oxygen atoms in total. The second kappa shape index (κ2) is 9.31. The monoisotopic (exact) mass is 354 g/mol. The van der Waals surface area contributed by atoms with Crippen molar-refractivity contribution >= 4 is 10.9 Å². The molecule has 3 aromatic rings. The summed E-state index contributed by atoms with van der Waals surface area (Å²) in [5.41, 5.74) is 3.25. The molecule has 1 N–H and O–H groups in total. The Morgan fingerprint density at radius 2 is 2.12 bits per heavy atom. The Hall–Kier alpha value is -2.44. The maximum Gasteiger partial charge on any atom is 0.218 e. The predicted octanol–water partition coefficient (Wildman–Crippen LogP) is 2.94. The highest BCUT2D eigenvalue weighted by Crippen LogP contribution is 2.23. The summed E-state index contributed by atoms with van der Waals surface area (Å²) < 4.78 is 13.0. The van der Waals surface area contributed by atoms with E-state index in [-0.39, 0.29) is 0 Å². The molecule has 6 heteroatoms. The van der Waals surface area contributed by atoms with Gasteiger partial charge in [-0.3, -0.25) is 0 Å². The van der Waals surface area contributed by atoms with Crippen LogP contribution in [-0.4, -0.2) is 41.4 Å². The third-order valence-corrected chi connectivity index (χ3v) is 4.18. The fourth-order valence-electron chi connectivity index (χ4n) is 2.82. The normalized spacial score (nSPS) is 11.2. The maximum absolute atomic E-state index is 5.84. The number of methoxy groups -OCH3 is 1. The number of fused-ring (bicyclic) bond motifs is 1. The molecule has 0 amide bonds. The minimum absolute atomic E-state index is 0.495. The Balaban J connectivity index is 1.64. The van der Waals surface area contributed by atoms with Crippen molar-refractivity contribution in [3.05, 3.63) is 54.1 Å². The molecule has 0 atom stereocenters. The van der Waals surface area contributed by atoms with E-state index in [1.807, 2.05) is 18.6 Å². The number of hydrogen-bond donors (Lipinski definition) is 1. The van der Waals surface area contributed by atoms with Gasteiger partial charge in [0.25, 0.3) is 0 Å². The van der Waals surface area contributed by atoms with E-state index >= 15 is 0 Å². The van der Waals surface area contributed by atoms with Crippen LogP contribution in [0.15, 0.2) is 43.0 Å². The molecular formula is C20H26N4O2.